The van der Waals surface area contributed by atoms with Gasteiger partial charge in [-0.05, 0) is 0 Å². The molecule has 0 aliphatic rings. The van der Waals surface area contributed by atoms with E-state index in [0.717, 1.165) is 0 Å². The monoisotopic (exact) mass is 120 g/mol. The van der Waals surface area contributed by atoms with E-state index in [9.17, 15) is 0 Å². The van der Waals surface area contributed by atoms with Crippen LogP contribution >= 0.6 is 24.8 Å². The molecule has 0 aliphatic carbocycles. The van der Waals surface area contributed by atoms with Crippen molar-refractivity contribution in [3.63, 3.8) is 0 Å². The average Bonchev–Trinajstić information content (AvgIpc) is 0. The quantitative estimate of drug-likeness (QED) is 0.282. The SMILES string of the molecule is Cl.Cl.[H-].[H-].[Na+].[Na+]. The van der Waals surface area contributed by atoms with Gasteiger partial charge < -0.3 is 2.85 Å². The minimum absolute atomic E-state index is 0. The van der Waals surface area contributed by atoms with Crippen LogP contribution in [-0.4, -0.2) is 0 Å². The van der Waals surface area contributed by atoms with Crippen molar-refractivity contribution in [1.29, 1.82) is 0 Å². The van der Waals surface area contributed by atoms with E-state index in [1.54, 1.807) is 0 Å². The maximum Gasteiger partial charge on any atom is 1.00 e. The van der Waals surface area contributed by atoms with Gasteiger partial charge in [0.25, 0.3) is 0 Å². The van der Waals surface area contributed by atoms with Crippen molar-refractivity contribution in [3.05, 3.63) is 0 Å². The van der Waals surface area contributed by atoms with E-state index < -0.39 is 0 Å². The minimum atomic E-state index is 0. The average molecular weight is 121 g/mol. The molecule has 0 aromatic heterocycles. The summed E-state index contributed by atoms with van der Waals surface area (Å²) < 4.78 is 0. The van der Waals surface area contributed by atoms with Crippen LogP contribution in [0.15, 0.2) is 0 Å². The number of rotatable bonds is 0. The van der Waals surface area contributed by atoms with Gasteiger partial charge in [-0.1, -0.05) is 0 Å². The maximum atomic E-state index is 0. The third kappa shape index (κ3) is 8.82. The molecule has 0 rings (SSSR count). The third-order valence-corrected chi connectivity index (χ3v) is 0. The molecule has 4 heavy (non-hydrogen) atoms. The molecule has 0 unspecified atom stereocenters. The van der Waals surface area contributed by atoms with Crippen LogP contribution in [0.3, 0.4) is 0 Å². The van der Waals surface area contributed by atoms with Crippen molar-refractivity contribution in [1.82, 2.24) is 0 Å². The fraction of sp³-hybridized carbons (Fsp3) is 0. The number of halogens is 2. The molecule has 0 N–H and O–H groups in total. The molecule has 0 amide bonds. The first-order valence-electron chi connectivity index (χ1n) is 0. The Labute approximate surface area is 85.5 Å². The molecule has 0 aromatic rings. The predicted octanol–water partition coefficient (Wildman–Crippen LogP) is -4.92. The van der Waals surface area contributed by atoms with Crippen LogP contribution in [0.4, 0.5) is 0 Å². The van der Waals surface area contributed by atoms with Crippen molar-refractivity contribution in [2.75, 3.05) is 0 Å². The van der Waals surface area contributed by atoms with Gasteiger partial charge in [0.05, 0.1) is 0 Å². The molecule has 20 valence electrons. The maximum absolute atomic E-state index is 0. The molecule has 4 heteroatoms. The second kappa shape index (κ2) is 17.6. The Balaban J connectivity index is 0. The fourth-order valence-electron chi connectivity index (χ4n) is 0. The standard InChI is InChI=1S/2ClH.2Na.2H/h2*1H;;;;/q;;2*+1;2*-1. The summed E-state index contributed by atoms with van der Waals surface area (Å²) in [5.74, 6) is 0. The largest absolute Gasteiger partial charge is 1.00 e. The molecule has 0 fully saturated rings. The third-order valence-electron chi connectivity index (χ3n) is 0. The summed E-state index contributed by atoms with van der Waals surface area (Å²) in [5, 5.41) is 0. The van der Waals surface area contributed by atoms with Crippen molar-refractivity contribution in [2.45, 2.75) is 0 Å². The van der Waals surface area contributed by atoms with E-state index in [2.05, 4.69) is 0 Å². The first kappa shape index (κ1) is 30.8. The van der Waals surface area contributed by atoms with Crippen molar-refractivity contribution < 1.29 is 62.0 Å². The fourth-order valence-corrected chi connectivity index (χ4v) is 0. The van der Waals surface area contributed by atoms with Crippen LogP contribution in [0.2, 0.25) is 0 Å². The van der Waals surface area contributed by atoms with Crippen LogP contribution in [-0.2, 0) is 0 Å². The number of hydrogen-bond acceptors (Lipinski definition) is 0. The van der Waals surface area contributed by atoms with Gasteiger partial charge in [-0.15, -0.1) is 24.8 Å². The van der Waals surface area contributed by atoms with Crippen LogP contribution in [0, 0.1) is 0 Å². The first-order valence-corrected chi connectivity index (χ1v) is 0. The molecule has 0 heterocycles. The summed E-state index contributed by atoms with van der Waals surface area (Å²) in [5.41, 5.74) is 0. The van der Waals surface area contributed by atoms with Crippen LogP contribution in [0.1, 0.15) is 2.85 Å². The predicted molar refractivity (Wildman–Crippen MR) is 16.7 cm³/mol. The van der Waals surface area contributed by atoms with Gasteiger partial charge in [-0.25, -0.2) is 0 Å². The van der Waals surface area contributed by atoms with Gasteiger partial charge >= 0.3 is 59.1 Å². The molecule has 0 atom stereocenters. The summed E-state index contributed by atoms with van der Waals surface area (Å²) in [6.07, 6.45) is 0. The Hall–Kier alpha value is 2.58. The molecule has 0 spiro atoms. The molecule has 0 bridgehead atoms. The molecule has 0 radical (unpaired) electrons. The summed E-state index contributed by atoms with van der Waals surface area (Å²) >= 11 is 0. The second-order valence-corrected chi connectivity index (χ2v) is 0. The Morgan fingerprint density at radius 1 is 0.750 bits per heavy atom. The van der Waals surface area contributed by atoms with Gasteiger partial charge in [0.15, 0.2) is 0 Å². The normalized spacial score (nSPS) is 0. The van der Waals surface area contributed by atoms with Crippen LogP contribution in [0.25, 0.3) is 0 Å². The first-order chi connectivity index (χ1) is 0. The van der Waals surface area contributed by atoms with Crippen molar-refractivity contribution in [3.8, 4) is 0 Å². The van der Waals surface area contributed by atoms with Gasteiger partial charge in [0.1, 0.15) is 0 Å². The Bertz CT molecular complexity index is 9.51. The smallest absolute Gasteiger partial charge is 1.00 e. The van der Waals surface area contributed by atoms with E-state index in [1.807, 2.05) is 0 Å². The molecular weight excluding hydrogens is 117 g/mol. The van der Waals surface area contributed by atoms with Crippen LogP contribution in [0.5, 0.6) is 0 Å². The van der Waals surface area contributed by atoms with E-state index in [4.69, 9.17) is 0 Å². The molecule has 0 aliphatic heterocycles. The summed E-state index contributed by atoms with van der Waals surface area (Å²) in [6, 6.07) is 0. The zero-order valence-electron chi connectivity index (χ0n) is 4.82. The Kier molecular flexibility index (Phi) is 135. The summed E-state index contributed by atoms with van der Waals surface area (Å²) in [7, 11) is 0. The van der Waals surface area contributed by atoms with E-state index in [-0.39, 0.29) is 86.8 Å². The van der Waals surface area contributed by atoms with Gasteiger partial charge in [0, 0.05) is 0 Å². The Morgan fingerprint density at radius 2 is 0.750 bits per heavy atom. The zero-order chi connectivity index (χ0) is 0. The zero-order valence-corrected chi connectivity index (χ0v) is 8.45. The summed E-state index contributed by atoms with van der Waals surface area (Å²) in [4.78, 5) is 0. The Morgan fingerprint density at radius 3 is 0.750 bits per heavy atom. The van der Waals surface area contributed by atoms with Gasteiger partial charge in [0.2, 0.25) is 0 Å². The molecule has 0 nitrogen and oxygen atoms in total. The second-order valence-electron chi connectivity index (χ2n) is 0. The van der Waals surface area contributed by atoms with Gasteiger partial charge in [-0.3, -0.25) is 0 Å². The van der Waals surface area contributed by atoms with Crippen LogP contribution < -0.4 is 59.1 Å². The van der Waals surface area contributed by atoms with E-state index in [0.29, 0.717) is 0 Å². The topological polar surface area (TPSA) is 0 Å². The molecule has 0 saturated heterocycles. The molecule has 0 saturated carbocycles. The van der Waals surface area contributed by atoms with E-state index in [1.165, 1.54) is 0 Å². The summed E-state index contributed by atoms with van der Waals surface area (Å²) in [6.45, 7) is 0. The van der Waals surface area contributed by atoms with E-state index >= 15 is 0 Å². The number of hydrogen-bond donors (Lipinski definition) is 0. The van der Waals surface area contributed by atoms with Crippen molar-refractivity contribution >= 4 is 24.8 Å². The minimum Gasteiger partial charge on any atom is -1.00 e. The van der Waals surface area contributed by atoms with Gasteiger partial charge in [-0.2, -0.15) is 0 Å². The molecule has 0 aromatic carbocycles. The molecular formula is H4Cl2Na2. The van der Waals surface area contributed by atoms with Crippen molar-refractivity contribution in [2.24, 2.45) is 0 Å².